The second kappa shape index (κ2) is 11.6. The first-order valence-corrected chi connectivity index (χ1v) is 12.6. The quantitative estimate of drug-likeness (QED) is 0.398. The number of halogens is 5. The normalized spacial score (nSPS) is 16.8. The van der Waals surface area contributed by atoms with Gasteiger partial charge in [0.15, 0.2) is 6.10 Å². The molecule has 1 aliphatic heterocycles. The van der Waals surface area contributed by atoms with Crippen molar-refractivity contribution in [2.75, 3.05) is 13.1 Å². The second-order valence-electron chi connectivity index (χ2n) is 8.54. The third-order valence-electron chi connectivity index (χ3n) is 5.83. The maximum absolute atomic E-state index is 13.9. The smallest absolute Gasteiger partial charge is 0.475 e. The molecule has 2 heterocycles. The van der Waals surface area contributed by atoms with Crippen LogP contribution in [-0.2, 0) is 19.6 Å². The summed E-state index contributed by atoms with van der Waals surface area (Å²) >= 11 is 0. The van der Waals surface area contributed by atoms with Gasteiger partial charge >= 0.3 is 12.1 Å². The molecule has 0 radical (unpaired) electrons. The highest BCUT2D eigenvalue weighted by atomic mass is 32.2. The number of aromatic nitrogens is 1. The highest BCUT2D eigenvalue weighted by Crippen LogP contribution is 2.29. The van der Waals surface area contributed by atoms with Crippen LogP contribution in [-0.4, -0.2) is 65.1 Å². The van der Waals surface area contributed by atoms with Gasteiger partial charge in [-0.1, -0.05) is 18.2 Å². The van der Waals surface area contributed by atoms with Gasteiger partial charge in [0.2, 0.25) is 10.0 Å². The van der Waals surface area contributed by atoms with Gasteiger partial charge in [-0.3, -0.25) is 9.78 Å². The summed E-state index contributed by atoms with van der Waals surface area (Å²) < 4.78 is 86.5. The van der Waals surface area contributed by atoms with E-state index in [2.05, 4.69) is 10.3 Å². The maximum Gasteiger partial charge on any atom is 0.490 e. The monoisotopic (exact) mass is 575 g/mol. The van der Waals surface area contributed by atoms with Gasteiger partial charge in [0.25, 0.3) is 5.91 Å². The van der Waals surface area contributed by atoms with Crippen LogP contribution in [0.5, 0.6) is 0 Å². The minimum Gasteiger partial charge on any atom is -0.475 e. The molecule has 2 aromatic carbocycles. The number of aliphatic hydroxyl groups is 1. The van der Waals surface area contributed by atoms with E-state index >= 15 is 0 Å². The van der Waals surface area contributed by atoms with E-state index in [1.54, 1.807) is 12.3 Å². The number of hydrogen-bond donors (Lipinski definition) is 3. The molecular weight excluding hydrogens is 553 g/mol. The van der Waals surface area contributed by atoms with Crippen LogP contribution in [0.4, 0.5) is 22.0 Å². The largest absolute Gasteiger partial charge is 0.490 e. The lowest BCUT2D eigenvalue weighted by atomic mass is 10.1. The van der Waals surface area contributed by atoms with Crippen molar-refractivity contribution in [1.29, 1.82) is 0 Å². The van der Waals surface area contributed by atoms with Crippen LogP contribution in [0.2, 0.25) is 0 Å². The number of benzene rings is 2. The van der Waals surface area contributed by atoms with Crippen LogP contribution in [0.3, 0.4) is 0 Å². The van der Waals surface area contributed by atoms with Crippen molar-refractivity contribution >= 4 is 32.7 Å². The number of pyridine rings is 1. The highest BCUT2D eigenvalue weighted by Gasteiger charge is 2.38. The topological polar surface area (TPSA) is 137 Å². The number of nitrogens with zero attached hydrogens (tertiary/aromatic N) is 2. The lowest BCUT2D eigenvalue weighted by Gasteiger charge is -2.19. The van der Waals surface area contributed by atoms with E-state index in [0.717, 1.165) is 23.1 Å². The molecule has 210 valence electrons. The SMILES string of the molecule is Cc1cncc2c(S(=O)(=O)N3CC[C@H](NC(=O)C(O)c4ccc(F)cc4F)C3)cccc12.O=C(O)C(F)(F)F. The van der Waals surface area contributed by atoms with Crippen molar-refractivity contribution in [3.05, 3.63) is 71.6 Å². The Bertz CT molecular complexity index is 1500. The zero-order valence-corrected chi connectivity index (χ0v) is 20.9. The second-order valence-corrected chi connectivity index (χ2v) is 10.4. The van der Waals surface area contributed by atoms with Gasteiger partial charge in [-0.25, -0.2) is 22.0 Å². The van der Waals surface area contributed by atoms with Gasteiger partial charge in [-0.2, -0.15) is 17.5 Å². The summed E-state index contributed by atoms with van der Waals surface area (Å²) in [5.74, 6) is -5.50. The lowest BCUT2D eigenvalue weighted by Crippen LogP contribution is -2.41. The van der Waals surface area contributed by atoms with Gasteiger partial charge < -0.3 is 15.5 Å². The molecule has 0 bridgehead atoms. The predicted molar refractivity (Wildman–Crippen MR) is 127 cm³/mol. The Morgan fingerprint density at radius 2 is 1.79 bits per heavy atom. The van der Waals surface area contributed by atoms with Crippen molar-refractivity contribution in [3.63, 3.8) is 0 Å². The van der Waals surface area contributed by atoms with Crippen LogP contribution >= 0.6 is 0 Å². The summed E-state index contributed by atoms with van der Waals surface area (Å²) in [5.41, 5.74) is 0.498. The van der Waals surface area contributed by atoms with Crippen molar-refractivity contribution in [2.24, 2.45) is 0 Å². The van der Waals surface area contributed by atoms with E-state index in [-0.39, 0.29) is 23.5 Å². The zero-order valence-electron chi connectivity index (χ0n) is 20.1. The number of carboxylic acids is 1. The molecule has 4 rings (SSSR count). The lowest BCUT2D eigenvalue weighted by molar-refractivity contribution is -0.192. The van der Waals surface area contributed by atoms with E-state index in [0.29, 0.717) is 17.9 Å². The number of rotatable bonds is 5. The molecule has 39 heavy (non-hydrogen) atoms. The van der Waals surface area contributed by atoms with Crippen molar-refractivity contribution in [2.45, 2.75) is 36.6 Å². The average molecular weight is 576 g/mol. The fourth-order valence-corrected chi connectivity index (χ4v) is 5.58. The number of fused-ring (bicyclic) bond motifs is 1. The molecule has 9 nitrogen and oxygen atoms in total. The number of aryl methyl sites for hydroxylation is 1. The van der Waals surface area contributed by atoms with Crippen LogP contribution in [0.25, 0.3) is 10.8 Å². The Kier molecular flexibility index (Phi) is 8.87. The number of aliphatic carboxylic acids is 1. The molecule has 1 aliphatic rings. The summed E-state index contributed by atoms with van der Waals surface area (Å²) in [6.07, 6.45) is -3.42. The number of amides is 1. The van der Waals surface area contributed by atoms with E-state index < -0.39 is 51.9 Å². The molecule has 1 unspecified atom stereocenters. The molecule has 0 aliphatic carbocycles. The molecule has 1 fully saturated rings. The summed E-state index contributed by atoms with van der Waals surface area (Å²) in [7, 11) is -3.86. The zero-order chi connectivity index (χ0) is 29.1. The fourth-order valence-electron chi connectivity index (χ4n) is 3.89. The Balaban J connectivity index is 0.000000532. The molecule has 1 amide bonds. The van der Waals surface area contributed by atoms with Crippen molar-refractivity contribution in [1.82, 2.24) is 14.6 Å². The molecule has 2 atom stereocenters. The predicted octanol–water partition coefficient (Wildman–Crippen LogP) is 3.07. The number of carboxylic acid groups (broad SMARTS) is 1. The Hall–Kier alpha value is -3.69. The van der Waals surface area contributed by atoms with E-state index in [9.17, 15) is 40.3 Å². The number of aliphatic hydroxyl groups excluding tert-OH is 1. The van der Waals surface area contributed by atoms with Crippen LogP contribution < -0.4 is 5.32 Å². The number of sulfonamides is 1. The van der Waals surface area contributed by atoms with Crippen LogP contribution in [0.15, 0.2) is 53.7 Å². The van der Waals surface area contributed by atoms with E-state index in [4.69, 9.17) is 9.90 Å². The minimum absolute atomic E-state index is 0.00231. The molecule has 15 heteroatoms. The first-order chi connectivity index (χ1) is 18.1. The molecule has 1 saturated heterocycles. The van der Waals surface area contributed by atoms with Gasteiger partial charge in [-0.15, -0.1) is 0 Å². The summed E-state index contributed by atoms with van der Waals surface area (Å²) in [4.78, 5) is 25.5. The van der Waals surface area contributed by atoms with Crippen LogP contribution in [0.1, 0.15) is 23.7 Å². The van der Waals surface area contributed by atoms with E-state index in [1.807, 2.05) is 13.0 Å². The van der Waals surface area contributed by atoms with Gasteiger partial charge in [0, 0.05) is 48.5 Å². The number of carbonyl (C=O) groups is 2. The van der Waals surface area contributed by atoms with Crippen molar-refractivity contribution in [3.8, 4) is 0 Å². The number of carbonyl (C=O) groups excluding carboxylic acids is 1. The fraction of sp³-hybridized carbons (Fsp3) is 0.292. The number of hydrogen-bond acceptors (Lipinski definition) is 6. The molecule has 0 spiro atoms. The van der Waals surface area contributed by atoms with Crippen molar-refractivity contribution < 1.29 is 50.2 Å². The number of nitrogens with one attached hydrogen (secondary N) is 1. The first-order valence-electron chi connectivity index (χ1n) is 11.2. The first kappa shape index (κ1) is 29.9. The molecule has 1 aromatic heterocycles. The summed E-state index contributed by atoms with van der Waals surface area (Å²) in [6.45, 7) is 2.02. The van der Waals surface area contributed by atoms with E-state index in [1.165, 1.54) is 16.6 Å². The molecule has 0 saturated carbocycles. The maximum atomic E-state index is 13.9. The number of alkyl halides is 3. The summed E-state index contributed by atoms with van der Waals surface area (Å²) in [6, 6.07) is 6.98. The Morgan fingerprint density at radius 3 is 2.41 bits per heavy atom. The third kappa shape index (κ3) is 6.85. The van der Waals surface area contributed by atoms with Gasteiger partial charge in [-0.05, 0) is 36.4 Å². The standard InChI is InChI=1S/C22H21F2N3O4S.C2HF3O2/c1-13-10-25-11-18-16(13)3-2-4-20(18)32(30,31)27-8-7-15(12-27)26-22(29)21(28)17-6-5-14(23)9-19(17)24;3-2(4,5)1(6)7/h2-6,9-11,15,21,28H,7-8,12H2,1H3,(H,26,29);(H,6,7)/t15-,21?;/m0./s1. The average Bonchev–Trinajstić information content (AvgIpc) is 3.33. The molecular formula is C24H22F5N3O6S. The molecule has 3 N–H and O–H groups in total. The highest BCUT2D eigenvalue weighted by molar-refractivity contribution is 7.89. The Labute approximate surface area is 218 Å². The molecule has 3 aromatic rings. The minimum atomic E-state index is -5.08. The Morgan fingerprint density at radius 1 is 1.13 bits per heavy atom. The third-order valence-corrected chi connectivity index (χ3v) is 7.75. The van der Waals surface area contributed by atoms with Crippen LogP contribution in [0, 0.1) is 18.6 Å². The van der Waals surface area contributed by atoms with Gasteiger partial charge in [0.05, 0.1) is 4.90 Å². The van der Waals surface area contributed by atoms with Gasteiger partial charge in [0.1, 0.15) is 11.6 Å². The summed E-state index contributed by atoms with van der Waals surface area (Å²) in [5, 5.41) is 21.1.